The van der Waals surface area contributed by atoms with Crippen LogP contribution in [0.5, 0.6) is 0 Å². The number of carbonyl (C=O) groups is 1. The van der Waals surface area contributed by atoms with Gasteiger partial charge in [-0.2, -0.15) is 5.26 Å². The van der Waals surface area contributed by atoms with Crippen molar-refractivity contribution in [3.8, 4) is 17.4 Å². The Balaban J connectivity index is 2.11. The van der Waals surface area contributed by atoms with E-state index in [1.165, 1.54) is 6.08 Å². The Kier molecular flexibility index (Phi) is 6.62. The van der Waals surface area contributed by atoms with Crippen LogP contribution in [0.4, 0.5) is 0 Å². The lowest BCUT2D eigenvalue weighted by molar-refractivity contribution is -0.117. The molecule has 6 heteroatoms. The van der Waals surface area contributed by atoms with E-state index >= 15 is 0 Å². The zero-order valence-electron chi connectivity index (χ0n) is 13.2. The molecule has 24 heavy (non-hydrogen) atoms. The van der Waals surface area contributed by atoms with Gasteiger partial charge in [0.25, 0.3) is 5.91 Å². The second kappa shape index (κ2) is 8.92. The van der Waals surface area contributed by atoms with Crippen LogP contribution >= 0.6 is 11.6 Å². The summed E-state index contributed by atoms with van der Waals surface area (Å²) in [6.07, 6.45) is 2.09. The molecule has 0 aliphatic heterocycles. The van der Waals surface area contributed by atoms with Crippen LogP contribution in [-0.4, -0.2) is 26.2 Å². The van der Waals surface area contributed by atoms with Crippen molar-refractivity contribution in [1.82, 2.24) is 5.32 Å². The highest BCUT2D eigenvalue weighted by Crippen LogP contribution is 2.29. The average Bonchev–Trinajstić information content (AvgIpc) is 3.05. The van der Waals surface area contributed by atoms with Gasteiger partial charge in [-0.05, 0) is 30.7 Å². The van der Waals surface area contributed by atoms with Gasteiger partial charge >= 0.3 is 0 Å². The molecule has 0 atom stereocenters. The van der Waals surface area contributed by atoms with E-state index in [1.807, 2.05) is 24.3 Å². The number of rotatable bonds is 7. The van der Waals surface area contributed by atoms with Crippen LogP contribution in [0, 0.1) is 11.3 Å². The first-order valence-electron chi connectivity index (χ1n) is 7.39. The molecule has 1 amide bonds. The molecule has 1 aromatic heterocycles. The van der Waals surface area contributed by atoms with E-state index in [0.717, 1.165) is 5.56 Å². The molecule has 0 aliphatic rings. The van der Waals surface area contributed by atoms with E-state index < -0.39 is 5.91 Å². The van der Waals surface area contributed by atoms with Gasteiger partial charge in [0, 0.05) is 31.9 Å². The fraction of sp³-hybridized carbons (Fsp3) is 0.222. The van der Waals surface area contributed by atoms with Crippen molar-refractivity contribution >= 4 is 23.6 Å². The third-order valence-electron chi connectivity index (χ3n) is 3.23. The Morgan fingerprint density at radius 3 is 2.88 bits per heavy atom. The summed E-state index contributed by atoms with van der Waals surface area (Å²) in [7, 11) is 1.59. The largest absolute Gasteiger partial charge is 0.457 e. The number of hydrogen-bond donors (Lipinski definition) is 1. The quantitative estimate of drug-likeness (QED) is 0.472. The number of nitrogens with zero attached hydrogens (tertiary/aromatic N) is 1. The topological polar surface area (TPSA) is 75.3 Å². The number of nitrogens with one attached hydrogen (secondary N) is 1. The fourth-order valence-electron chi connectivity index (χ4n) is 2.04. The van der Waals surface area contributed by atoms with Gasteiger partial charge in [-0.25, -0.2) is 0 Å². The minimum Gasteiger partial charge on any atom is -0.457 e. The molecule has 1 aromatic carbocycles. The summed E-state index contributed by atoms with van der Waals surface area (Å²) in [5.74, 6) is 0.544. The SMILES string of the molecule is COCCCNC(=O)C(C#N)=Cc1ccc(-c2ccccc2Cl)o1. The van der Waals surface area contributed by atoms with E-state index in [2.05, 4.69) is 5.32 Å². The Morgan fingerprint density at radius 1 is 1.38 bits per heavy atom. The molecule has 0 aliphatic carbocycles. The van der Waals surface area contributed by atoms with Crippen molar-refractivity contribution in [2.24, 2.45) is 0 Å². The van der Waals surface area contributed by atoms with E-state index in [1.54, 1.807) is 25.3 Å². The van der Waals surface area contributed by atoms with E-state index in [0.29, 0.717) is 36.1 Å². The summed E-state index contributed by atoms with van der Waals surface area (Å²) in [6.45, 7) is 0.986. The summed E-state index contributed by atoms with van der Waals surface area (Å²) in [4.78, 5) is 12.0. The molecule has 0 bridgehead atoms. The number of ether oxygens (including phenoxy) is 1. The van der Waals surface area contributed by atoms with Crippen molar-refractivity contribution in [3.05, 3.63) is 52.8 Å². The van der Waals surface area contributed by atoms with Crippen LogP contribution in [-0.2, 0) is 9.53 Å². The summed E-state index contributed by atoms with van der Waals surface area (Å²) < 4.78 is 10.6. The molecule has 124 valence electrons. The Bertz CT molecular complexity index is 775. The Labute approximate surface area is 145 Å². The highest BCUT2D eigenvalue weighted by atomic mass is 35.5. The second-order valence-corrected chi connectivity index (χ2v) is 5.36. The fourth-order valence-corrected chi connectivity index (χ4v) is 2.27. The summed E-state index contributed by atoms with van der Waals surface area (Å²) in [5.41, 5.74) is 0.730. The third-order valence-corrected chi connectivity index (χ3v) is 3.56. The summed E-state index contributed by atoms with van der Waals surface area (Å²) in [5, 5.41) is 12.4. The maximum Gasteiger partial charge on any atom is 0.262 e. The highest BCUT2D eigenvalue weighted by Gasteiger charge is 2.11. The average molecular weight is 345 g/mol. The molecule has 1 heterocycles. The summed E-state index contributed by atoms with van der Waals surface area (Å²) in [6, 6.07) is 12.6. The minimum atomic E-state index is -0.440. The van der Waals surface area contributed by atoms with Crippen LogP contribution in [0.1, 0.15) is 12.2 Å². The van der Waals surface area contributed by atoms with E-state index in [-0.39, 0.29) is 5.57 Å². The maximum absolute atomic E-state index is 12.0. The van der Waals surface area contributed by atoms with Gasteiger partial charge in [0.1, 0.15) is 23.2 Å². The van der Waals surface area contributed by atoms with Crippen LogP contribution < -0.4 is 5.32 Å². The van der Waals surface area contributed by atoms with Gasteiger partial charge in [-0.3, -0.25) is 4.79 Å². The monoisotopic (exact) mass is 344 g/mol. The molecule has 1 N–H and O–H groups in total. The number of methoxy groups -OCH3 is 1. The zero-order chi connectivity index (χ0) is 17.4. The third kappa shape index (κ3) is 4.72. The first-order valence-corrected chi connectivity index (χ1v) is 7.77. The van der Waals surface area contributed by atoms with Crippen molar-refractivity contribution in [2.45, 2.75) is 6.42 Å². The van der Waals surface area contributed by atoms with Gasteiger partial charge in [0.15, 0.2) is 0 Å². The molecule has 0 unspecified atom stereocenters. The molecule has 0 fully saturated rings. The Hall–Kier alpha value is -2.55. The minimum absolute atomic E-state index is 0.0209. The highest BCUT2D eigenvalue weighted by molar-refractivity contribution is 6.33. The number of nitriles is 1. The van der Waals surface area contributed by atoms with Gasteiger partial charge in [0.2, 0.25) is 0 Å². The molecule has 5 nitrogen and oxygen atoms in total. The smallest absolute Gasteiger partial charge is 0.262 e. The van der Waals surface area contributed by atoms with Gasteiger partial charge in [0.05, 0.1) is 5.02 Å². The van der Waals surface area contributed by atoms with Gasteiger partial charge < -0.3 is 14.5 Å². The predicted octanol–water partition coefficient (Wildman–Crippen LogP) is 3.66. The summed E-state index contributed by atoms with van der Waals surface area (Å²) >= 11 is 6.13. The molecule has 0 saturated heterocycles. The predicted molar refractivity (Wildman–Crippen MR) is 92.2 cm³/mol. The molecular weight excluding hydrogens is 328 g/mol. The van der Waals surface area contributed by atoms with Crippen LogP contribution in [0.2, 0.25) is 5.02 Å². The molecule has 0 radical (unpaired) electrons. The molecular formula is C18H17ClN2O3. The number of furan rings is 1. The first kappa shape index (κ1) is 17.8. The van der Waals surface area contributed by atoms with Gasteiger partial charge in [-0.1, -0.05) is 23.7 Å². The van der Waals surface area contributed by atoms with Crippen LogP contribution in [0.25, 0.3) is 17.4 Å². The molecule has 0 saturated carbocycles. The number of amides is 1. The van der Waals surface area contributed by atoms with Crippen molar-refractivity contribution in [2.75, 3.05) is 20.3 Å². The number of halogens is 1. The van der Waals surface area contributed by atoms with Gasteiger partial charge in [-0.15, -0.1) is 0 Å². The van der Waals surface area contributed by atoms with Crippen molar-refractivity contribution < 1.29 is 13.9 Å². The van der Waals surface area contributed by atoms with Crippen molar-refractivity contribution in [3.63, 3.8) is 0 Å². The molecule has 0 spiro atoms. The molecule has 2 rings (SSSR count). The normalized spacial score (nSPS) is 11.1. The first-order chi connectivity index (χ1) is 11.7. The standard InChI is InChI=1S/C18H17ClN2O3/c1-23-10-4-9-21-18(22)13(12-20)11-14-7-8-17(24-14)15-5-2-3-6-16(15)19/h2-3,5-8,11H,4,9-10H2,1H3,(H,21,22). The number of hydrogen-bond acceptors (Lipinski definition) is 4. The second-order valence-electron chi connectivity index (χ2n) is 4.95. The lowest BCUT2D eigenvalue weighted by atomic mass is 10.2. The number of benzene rings is 1. The van der Waals surface area contributed by atoms with Crippen molar-refractivity contribution in [1.29, 1.82) is 5.26 Å². The zero-order valence-corrected chi connectivity index (χ0v) is 14.0. The maximum atomic E-state index is 12.0. The van der Waals surface area contributed by atoms with E-state index in [9.17, 15) is 4.79 Å². The lowest BCUT2D eigenvalue weighted by Crippen LogP contribution is -2.26. The van der Waals surface area contributed by atoms with E-state index in [4.69, 9.17) is 26.0 Å². The van der Waals surface area contributed by atoms with Crippen LogP contribution in [0.3, 0.4) is 0 Å². The lowest BCUT2D eigenvalue weighted by Gasteiger charge is -2.03. The van der Waals surface area contributed by atoms with Crippen LogP contribution in [0.15, 0.2) is 46.4 Å². The molecule has 2 aromatic rings. The Morgan fingerprint density at radius 2 is 2.17 bits per heavy atom. The number of carbonyl (C=O) groups excluding carboxylic acids is 1.